The van der Waals surface area contributed by atoms with Crippen molar-refractivity contribution in [3.05, 3.63) is 29.3 Å². The standard InChI is InChI=1S/C20H32N4O.HI/c1-3-16-10-8-11-17(4-2)19(16)23-20(21)22-13-9-15-24-14-7-5-6-12-18(24)25;/h8,10-11H,3-7,9,12-15H2,1-2H3,(H3,21,22,23);1H. The number of aliphatic imine (C=N–C) groups is 1. The van der Waals surface area contributed by atoms with Crippen molar-refractivity contribution in [2.24, 2.45) is 10.7 Å². The van der Waals surface area contributed by atoms with Crippen LogP contribution in [-0.2, 0) is 17.6 Å². The van der Waals surface area contributed by atoms with Gasteiger partial charge in [-0.05, 0) is 43.2 Å². The number of halogens is 1. The van der Waals surface area contributed by atoms with Gasteiger partial charge in [0.05, 0.1) is 0 Å². The maximum Gasteiger partial charge on any atom is 0.222 e. The van der Waals surface area contributed by atoms with Crippen LogP contribution in [0.15, 0.2) is 23.2 Å². The van der Waals surface area contributed by atoms with E-state index in [1.165, 1.54) is 11.1 Å². The first-order chi connectivity index (χ1) is 12.2. The van der Waals surface area contributed by atoms with Crippen LogP contribution in [0.3, 0.4) is 0 Å². The summed E-state index contributed by atoms with van der Waals surface area (Å²) in [6.45, 7) is 6.59. The van der Waals surface area contributed by atoms with Crippen molar-refractivity contribution in [1.29, 1.82) is 0 Å². The minimum Gasteiger partial charge on any atom is -0.370 e. The van der Waals surface area contributed by atoms with Gasteiger partial charge in [-0.25, -0.2) is 0 Å². The molecule has 0 radical (unpaired) electrons. The van der Waals surface area contributed by atoms with E-state index in [9.17, 15) is 4.79 Å². The summed E-state index contributed by atoms with van der Waals surface area (Å²) in [5.74, 6) is 0.745. The topological polar surface area (TPSA) is 70.7 Å². The van der Waals surface area contributed by atoms with E-state index in [0.717, 1.165) is 57.3 Å². The number of amides is 1. The van der Waals surface area contributed by atoms with Gasteiger partial charge in [0, 0.05) is 31.7 Å². The number of aryl methyl sites for hydroxylation is 2. The van der Waals surface area contributed by atoms with Crippen LogP contribution in [0, 0.1) is 0 Å². The summed E-state index contributed by atoms with van der Waals surface area (Å²) in [7, 11) is 0. The molecule has 1 heterocycles. The van der Waals surface area contributed by atoms with Crippen molar-refractivity contribution in [3.8, 4) is 0 Å². The number of carbonyl (C=O) groups excluding carboxylic acids is 1. The number of nitrogens with zero attached hydrogens (tertiary/aromatic N) is 2. The molecular weight excluding hydrogens is 439 g/mol. The quantitative estimate of drug-likeness (QED) is 0.273. The number of likely N-dealkylation sites (tertiary alicyclic amines) is 1. The fraction of sp³-hybridized carbons (Fsp3) is 0.600. The third kappa shape index (κ3) is 6.78. The zero-order chi connectivity index (χ0) is 18.1. The van der Waals surface area contributed by atoms with Crippen LogP contribution in [0.4, 0.5) is 5.69 Å². The summed E-state index contributed by atoms with van der Waals surface area (Å²) in [5, 5.41) is 3.29. The Labute approximate surface area is 174 Å². The van der Waals surface area contributed by atoms with E-state index in [0.29, 0.717) is 18.9 Å². The summed E-state index contributed by atoms with van der Waals surface area (Å²) in [4.78, 5) is 18.4. The van der Waals surface area contributed by atoms with Gasteiger partial charge in [0.15, 0.2) is 5.96 Å². The number of anilines is 1. The van der Waals surface area contributed by atoms with E-state index in [4.69, 9.17) is 5.73 Å². The highest BCUT2D eigenvalue weighted by molar-refractivity contribution is 14.0. The van der Waals surface area contributed by atoms with E-state index in [1.807, 2.05) is 4.90 Å². The van der Waals surface area contributed by atoms with Gasteiger partial charge >= 0.3 is 0 Å². The molecule has 1 aromatic rings. The lowest BCUT2D eigenvalue weighted by Gasteiger charge is -2.20. The molecule has 0 aliphatic carbocycles. The minimum absolute atomic E-state index is 0. The number of benzene rings is 1. The first kappa shape index (κ1) is 22.7. The Kier molecular flexibility index (Phi) is 10.6. The van der Waals surface area contributed by atoms with Gasteiger partial charge in [0.1, 0.15) is 0 Å². The molecule has 1 saturated heterocycles. The lowest BCUT2D eigenvalue weighted by atomic mass is 10.0. The third-order valence-corrected chi connectivity index (χ3v) is 4.79. The molecule has 6 heteroatoms. The van der Waals surface area contributed by atoms with Crippen molar-refractivity contribution in [2.45, 2.75) is 58.8 Å². The number of hydrogen-bond acceptors (Lipinski definition) is 2. The van der Waals surface area contributed by atoms with Crippen LogP contribution < -0.4 is 11.1 Å². The number of guanidine groups is 1. The van der Waals surface area contributed by atoms with Gasteiger partial charge in [0.25, 0.3) is 0 Å². The smallest absolute Gasteiger partial charge is 0.222 e. The van der Waals surface area contributed by atoms with E-state index >= 15 is 0 Å². The second kappa shape index (κ2) is 12.1. The molecule has 5 nitrogen and oxygen atoms in total. The molecule has 0 unspecified atom stereocenters. The SMILES string of the molecule is CCc1cccc(CC)c1NC(N)=NCCCN1CCCCCC1=O.I. The molecule has 0 atom stereocenters. The van der Waals surface area contributed by atoms with Crippen molar-refractivity contribution < 1.29 is 4.79 Å². The molecular formula is C20H33IN4O. The highest BCUT2D eigenvalue weighted by atomic mass is 127. The summed E-state index contributed by atoms with van der Waals surface area (Å²) < 4.78 is 0. The molecule has 26 heavy (non-hydrogen) atoms. The van der Waals surface area contributed by atoms with Gasteiger partial charge in [0.2, 0.25) is 5.91 Å². The zero-order valence-corrected chi connectivity index (χ0v) is 18.4. The fourth-order valence-corrected chi connectivity index (χ4v) is 3.31. The Morgan fingerprint density at radius 3 is 2.54 bits per heavy atom. The largest absolute Gasteiger partial charge is 0.370 e. The van der Waals surface area contributed by atoms with Crippen LogP contribution in [-0.4, -0.2) is 36.4 Å². The Bertz CT molecular complexity index is 581. The fourth-order valence-electron chi connectivity index (χ4n) is 3.31. The monoisotopic (exact) mass is 472 g/mol. The van der Waals surface area contributed by atoms with E-state index in [-0.39, 0.29) is 29.9 Å². The zero-order valence-electron chi connectivity index (χ0n) is 16.1. The molecule has 1 aromatic carbocycles. The predicted molar refractivity (Wildman–Crippen MR) is 120 cm³/mol. The average Bonchev–Trinajstić information content (AvgIpc) is 2.83. The van der Waals surface area contributed by atoms with Crippen LogP contribution in [0.25, 0.3) is 0 Å². The second-order valence-corrected chi connectivity index (χ2v) is 6.60. The van der Waals surface area contributed by atoms with Crippen LogP contribution >= 0.6 is 24.0 Å². The summed E-state index contributed by atoms with van der Waals surface area (Å²) >= 11 is 0. The third-order valence-electron chi connectivity index (χ3n) is 4.79. The van der Waals surface area contributed by atoms with E-state index in [2.05, 4.69) is 42.4 Å². The maximum absolute atomic E-state index is 12.0. The van der Waals surface area contributed by atoms with Crippen molar-refractivity contribution >= 4 is 41.5 Å². The highest BCUT2D eigenvalue weighted by Crippen LogP contribution is 2.22. The Hall–Kier alpha value is -1.31. The lowest BCUT2D eigenvalue weighted by molar-refractivity contribution is -0.130. The van der Waals surface area contributed by atoms with E-state index in [1.54, 1.807) is 0 Å². The molecule has 0 saturated carbocycles. The number of carbonyl (C=O) groups is 1. The highest BCUT2D eigenvalue weighted by Gasteiger charge is 2.15. The first-order valence-electron chi connectivity index (χ1n) is 9.61. The van der Waals surface area contributed by atoms with Crippen LogP contribution in [0.5, 0.6) is 0 Å². The minimum atomic E-state index is 0. The molecule has 0 spiro atoms. The molecule has 3 N–H and O–H groups in total. The van der Waals surface area contributed by atoms with Crippen molar-refractivity contribution in [2.75, 3.05) is 25.0 Å². The normalized spacial score (nSPS) is 15.4. The Balaban J connectivity index is 0.00000338. The number of hydrogen-bond donors (Lipinski definition) is 2. The van der Waals surface area contributed by atoms with Gasteiger partial charge in [-0.15, -0.1) is 24.0 Å². The second-order valence-electron chi connectivity index (χ2n) is 6.60. The number of para-hydroxylation sites is 1. The molecule has 1 amide bonds. The number of nitrogens with one attached hydrogen (secondary N) is 1. The molecule has 1 fully saturated rings. The number of nitrogens with two attached hydrogens (primary N) is 1. The summed E-state index contributed by atoms with van der Waals surface area (Å²) in [5.41, 5.74) is 9.69. The van der Waals surface area contributed by atoms with Gasteiger partial charge in [-0.1, -0.05) is 38.5 Å². The molecule has 146 valence electrons. The molecule has 1 aliphatic rings. The average molecular weight is 472 g/mol. The predicted octanol–water partition coefficient (Wildman–Crippen LogP) is 3.95. The van der Waals surface area contributed by atoms with Crippen LogP contribution in [0.2, 0.25) is 0 Å². The number of rotatable bonds is 7. The first-order valence-corrected chi connectivity index (χ1v) is 9.61. The molecule has 1 aliphatic heterocycles. The summed E-state index contributed by atoms with van der Waals surface area (Å²) in [6, 6.07) is 6.34. The molecule has 0 aromatic heterocycles. The lowest BCUT2D eigenvalue weighted by Crippen LogP contribution is -2.31. The van der Waals surface area contributed by atoms with Crippen molar-refractivity contribution in [1.82, 2.24) is 4.90 Å². The Morgan fingerprint density at radius 2 is 1.88 bits per heavy atom. The Morgan fingerprint density at radius 1 is 1.19 bits per heavy atom. The van der Waals surface area contributed by atoms with Gasteiger partial charge in [-0.3, -0.25) is 9.79 Å². The molecule has 2 rings (SSSR count). The van der Waals surface area contributed by atoms with E-state index < -0.39 is 0 Å². The maximum atomic E-state index is 12.0. The van der Waals surface area contributed by atoms with Gasteiger partial charge in [-0.2, -0.15) is 0 Å². The van der Waals surface area contributed by atoms with Crippen molar-refractivity contribution in [3.63, 3.8) is 0 Å². The summed E-state index contributed by atoms with van der Waals surface area (Å²) in [6.07, 6.45) is 6.77. The van der Waals surface area contributed by atoms with Gasteiger partial charge < -0.3 is 16.0 Å². The van der Waals surface area contributed by atoms with Crippen LogP contribution in [0.1, 0.15) is 57.1 Å². The molecule has 0 bridgehead atoms.